The van der Waals surface area contributed by atoms with Crippen molar-refractivity contribution < 1.29 is 8.42 Å². The fraction of sp³-hybridized carbons (Fsp3) is 0.167. The molecule has 0 bridgehead atoms. The summed E-state index contributed by atoms with van der Waals surface area (Å²) in [5.74, 6) is 0. The molecule has 0 unspecified atom stereocenters. The topological polar surface area (TPSA) is 55.2 Å². The Balaban J connectivity index is 2.05. The summed E-state index contributed by atoms with van der Waals surface area (Å²) in [6.07, 6.45) is 2.82. The van der Waals surface area contributed by atoms with Crippen molar-refractivity contribution in [3.05, 3.63) is 60.0 Å². The smallest absolute Gasteiger partial charge is 0.175 e. The van der Waals surface area contributed by atoms with Crippen LogP contribution in [0.4, 0.5) is 5.69 Å². The molecule has 0 spiro atoms. The quantitative estimate of drug-likeness (QED) is 0.698. The number of anilines is 1. The Morgan fingerprint density at radius 1 is 1.00 bits per heavy atom. The van der Waals surface area contributed by atoms with Gasteiger partial charge in [-0.3, -0.25) is 4.57 Å². The lowest BCUT2D eigenvalue weighted by Gasteiger charge is -2.14. The van der Waals surface area contributed by atoms with Crippen LogP contribution < -0.4 is 4.90 Å². The van der Waals surface area contributed by atoms with E-state index >= 15 is 0 Å². The van der Waals surface area contributed by atoms with Crippen LogP contribution in [0, 0.1) is 0 Å². The average molecular weight is 376 g/mol. The number of hydrogen-bond donors (Lipinski definition) is 0. The second-order valence-electron chi connectivity index (χ2n) is 5.96. The van der Waals surface area contributed by atoms with E-state index in [9.17, 15) is 8.42 Å². The summed E-state index contributed by atoms with van der Waals surface area (Å²) < 4.78 is 25.1. The van der Waals surface area contributed by atoms with Crippen molar-refractivity contribution in [2.24, 2.45) is 0 Å². The minimum Gasteiger partial charge on any atom is -0.378 e. The number of halogens is 1. The number of sulfone groups is 1. The van der Waals surface area contributed by atoms with Crippen molar-refractivity contribution in [2.45, 2.75) is 4.90 Å². The molecule has 25 heavy (non-hydrogen) atoms. The lowest BCUT2D eigenvalue weighted by atomic mass is 10.1. The van der Waals surface area contributed by atoms with Crippen molar-refractivity contribution in [1.29, 1.82) is 0 Å². The van der Waals surface area contributed by atoms with Gasteiger partial charge < -0.3 is 4.90 Å². The van der Waals surface area contributed by atoms with Gasteiger partial charge in [-0.25, -0.2) is 13.4 Å². The maximum Gasteiger partial charge on any atom is 0.175 e. The first-order chi connectivity index (χ1) is 11.8. The van der Waals surface area contributed by atoms with E-state index in [4.69, 9.17) is 11.6 Å². The third-order valence-electron chi connectivity index (χ3n) is 3.92. The molecule has 130 valence electrons. The Bertz CT molecular complexity index is 992. The third kappa shape index (κ3) is 3.55. The first-order valence-corrected chi connectivity index (χ1v) is 9.85. The highest BCUT2D eigenvalue weighted by Crippen LogP contribution is 2.31. The molecule has 1 heterocycles. The zero-order valence-corrected chi connectivity index (χ0v) is 15.7. The molecule has 0 aliphatic carbocycles. The van der Waals surface area contributed by atoms with E-state index in [1.807, 2.05) is 47.8 Å². The summed E-state index contributed by atoms with van der Waals surface area (Å²) in [4.78, 5) is 6.50. The predicted octanol–water partition coefficient (Wildman–Crippen LogP) is 3.66. The zero-order valence-electron chi connectivity index (χ0n) is 14.1. The summed E-state index contributed by atoms with van der Waals surface area (Å²) >= 11 is 6.30. The second-order valence-corrected chi connectivity index (χ2v) is 8.34. The summed E-state index contributed by atoms with van der Waals surface area (Å²) in [6, 6.07) is 14.6. The molecular weight excluding hydrogens is 358 g/mol. The van der Waals surface area contributed by atoms with Gasteiger partial charge in [0.15, 0.2) is 15.0 Å². The van der Waals surface area contributed by atoms with Crippen molar-refractivity contribution in [1.82, 2.24) is 9.55 Å². The van der Waals surface area contributed by atoms with Crippen LogP contribution in [0.5, 0.6) is 0 Å². The van der Waals surface area contributed by atoms with Crippen LogP contribution in [0.1, 0.15) is 0 Å². The summed E-state index contributed by atoms with van der Waals surface area (Å²) in [7, 11) is 0.736. The van der Waals surface area contributed by atoms with Gasteiger partial charge in [0.1, 0.15) is 6.33 Å². The highest BCUT2D eigenvalue weighted by molar-refractivity contribution is 7.90. The highest BCUT2D eigenvalue weighted by atomic mass is 35.5. The fourth-order valence-corrected chi connectivity index (χ4v) is 3.43. The van der Waals surface area contributed by atoms with Crippen LogP contribution in [0.25, 0.3) is 16.9 Å². The Morgan fingerprint density at radius 3 is 2.12 bits per heavy atom. The molecule has 7 heteroatoms. The second kappa shape index (κ2) is 6.54. The van der Waals surface area contributed by atoms with E-state index < -0.39 is 9.84 Å². The molecule has 0 aliphatic rings. The average Bonchev–Trinajstić information content (AvgIpc) is 2.96. The predicted molar refractivity (Wildman–Crippen MR) is 101 cm³/mol. The number of imidazole rings is 1. The van der Waals surface area contributed by atoms with Crippen LogP contribution >= 0.6 is 11.6 Å². The number of benzene rings is 2. The molecule has 0 radical (unpaired) electrons. The molecule has 0 N–H and O–H groups in total. The molecule has 0 saturated carbocycles. The van der Waals surface area contributed by atoms with E-state index in [0.29, 0.717) is 5.15 Å². The van der Waals surface area contributed by atoms with Crippen LogP contribution in [0.2, 0.25) is 5.15 Å². The Kier molecular flexibility index (Phi) is 4.58. The largest absolute Gasteiger partial charge is 0.378 e. The normalized spacial score (nSPS) is 11.5. The molecular formula is C18H18ClN3O2S. The van der Waals surface area contributed by atoms with Gasteiger partial charge >= 0.3 is 0 Å². The van der Waals surface area contributed by atoms with Gasteiger partial charge in [0.05, 0.1) is 10.6 Å². The van der Waals surface area contributed by atoms with E-state index in [0.717, 1.165) is 22.6 Å². The minimum atomic E-state index is -3.23. The molecule has 1 aromatic heterocycles. The van der Waals surface area contributed by atoms with Crippen LogP contribution in [-0.4, -0.2) is 38.3 Å². The van der Waals surface area contributed by atoms with Crippen LogP contribution in [-0.2, 0) is 9.84 Å². The molecule has 3 aromatic rings. The summed E-state index contributed by atoms with van der Waals surface area (Å²) in [5.41, 5.74) is 3.57. The van der Waals surface area contributed by atoms with Crippen molar-refractivity contribution >= 4 is 27.1 Å². The molecule has 5 nitrogen and oxygen atoms in total. The van der Waals surface area contributed by atoms with Gasteiger partial charge in [0, 0.05) is 37.3 Å². The van der Waals surface area contributed by atoms with Crippen LogP contribution in [0.15, 0.2) is 59.8 Å². The van der Waals surface area contributed by atoms with Gasteiger partial charge in [-0.15, -0.1) is 0 Å². The molecule has 0 saturated heterocycles. The van der Waals surface area contributed by atoms with Gasteiger partial charge in [-0.2, -0.15) is 0 Å². The number of rotatable bonds is 4. The van der Waals surface area contributed by atoms with Crippen molar-refractivity contribution in [3.63, 3.8) is 0 Å². The summed E-state index contributed by atoms with van der Waals surface area (Å²) in [6.45, 7) is 0. The third-order valence-corrected chi connectivity index (χ3v) is 5.33. The highest BCUT2D eigenvalue weighted by Gasteiger charge is 2.14. The summed E-state index contributed by atoms with van der Waals surface area (Å²) in [5, 5.41) is 0.393. The van der Waals surface area contributed by atoms with Gasteiger partial charge in [0.25, 0.3) is 0 Å². The van der Waals surface area contributed by atoms with Crippen LogP contribution in [0.3, 0.4) is 0 Å². The van der Waals surface area contributed by atoms with E-state index in [2.05, 4.69) is 4.98 Å². The molecule has 0 atom stereocenters. The van der Waals surface area contributed by atoms with Crippen molar-refractivity contribution in [2.75, 3.05) is 25.3 Å². The van der Waals surface area contributed by atoms with Gasteiger partial charge in [-0.05, 0) is 36.4 Å². The molecule has 3 rings (SSSR count). The number of hydrogen-bond acceptors (Lipinski definition) is 4. The zero-order chi connectivity index (χ0) is 18.2. The first kappa shape index (κ1) is 17.5. The molecule has 0 aliphatic heterocycles. The van der Waals surface area contributed by atoms with E-state index in [1.165, 1.54) is 6.26 Å². The van der Waals surface area contributed by atoms with Gasteiger partial charge in [-0.1, -0.05) is 23.7 Å². The van der Waals surface area contributed by atoms with Gasteiger partial charge in [0.2, 0.25) is 0 Å². The maximum absolute atomic E-state index is 11.6. The Labute approximate surface area is 152 Å². The molecule has 0 amide bonds. The standard InChI is InChI=1S/C18H18ClN3O2S/c1-21(2)14-6-4-13(5-7-14)17-18(19)20-12-22(17)15-8-10-16(11-9-15)25(3,23)24/h4-12H,1-3H3. The lowest BCUT2D eigenvalue weighted by molar-refractivity contribution is 0.602. The molecule has 2 aromatic carbocycles. The SMILES string of the molecule is CN(C)c1ccc(-c2c(Cl)ncn2-c2ccc(S(C)(=O)=O)cc2)cc1. The van der Waals surface area contributed by atoms with E-state index in [1.54, 1.807) is 30.6 Å². The minimum absolute atomic E-state index is 0.277. The lowest BCUT2D eigenvalue weighted by Crippen LogP contribution is -2.08. The fourth-order valence-electron chi connectivity index (χ4n) is 2.55. The monoisotopic (exact) mass is 375 g/mol. The Morgan fingerprint density at radius 2 is 1.60 bits per heavy atom. The maximum atomic E-state index is 11.6. The number of aromatic nitrogens is 2. The Hall–Kier alpha value is -2.31. The first-order valence-electron chi connectivity index (χ1n) is 7.58. The van der Waals surface area contributed by atoms with E-state index in [-0.39, 0.29) is 4.90 Å². The van der Waals surface area contributed by atoms with Crippen molar-refractivity contribution in [3.8, 4) is 16.9 Å². The number of nitrogens with zero attached hydrogens (tertiary/aromatic N) is 3. The molecule has 0 fully saturated rings.